The van der Waals surface area contributed by atoms with Crippen LogP contribution in [0.2, 0.25) is 0 Å². The van der Waals surface area contributed by atoms with Gasteiger partial charge in [-0.05, 0) is 84.7 Å². The van der Waals surface area contributed by atoms with Gasteiger partial charge in [0.2, 0.25) is 23.6 Å². The number of nitrogens with one attached hydrogen (secondary N) is 7. The summed E-state index contributed by atoms with van der Waals surface area (Å²) in [7, 11) is 8.62. The van der Waals surface area contributed by atoms with Crippen LogP contribution in [0.15, 0.2) is 41.8 Å². The number of nitrogens with zero attached hydrogens (tertiary/aromatic N) is 6. The number of aldehydes is 1. The molecule has 388 valence electrons. The molecule has 6 amide bonds. The Morgan fingerprint density at radius 1 is 0.859 bits per heavy atom. The van der Waals surface area contributed by atoms with E-state index < -0.39 is 71.9 Å². The van der Waals surface area contributed by atoms with Crippen LogP contribution in [0.1, 0.15) is 77.2 Å². The summed E-state index contributed by atoms with van der Waals surface area (Å²) in [6.45, 7) is 6.06. The number of aliphatic carboxylic acids is 1. The number of anilines is 3. The van der Waals surface area contributed by atoms with Crippen molar-refractivity contribution in [3.05, 3.63) is 42.2 Å². The molecule has 2 aliphatic heterocycles. The molecule has 2 aromatic rings. The standard InChI is InChI=1S/C30H47N9O6.C17H22N4O5/c1-30(2,3)45-25(41)14-21(16-35-37-29(44)34-15-19-9-11-20(12-10-19)27(42)32-5)36-24(40)18-39-23-8-7-13-33-26(23)38(6)17-22(31-4)28(39)43;1-18-13-8-21(2)17-11(4-3-5-19-17)12(16(13)26)7-14(23)20-10(9-22)6-15(24)25/h7-8,13,16,19-22,31H,9-12,14-15,17-18H2,1-6H3,(H,32,42)(H,36,40)(H2,34,37,44);3-5,9-10,12-13,18H,6-8H2,1-2H3,(H,20,23)(H,24,25)/b35-16+;/t19?,20?,21-,22?;10-,12?,13?/m00/s1. The van der Waals surface area contributed by atoms with E-state index in [1.165, 1.54) is 11.1 Å². The van der Waals surface area contributed by atoms with Crippen molar-refractivity contribution >= 4 is 77.2 Å². The third-order valence-electron chi connectivity index (χ3n) is 12.0. The second-order valence-corrected chi connectivity index (χ2v) is 18.6. The molecule has 1 aliphatic carbocycles. The fraction of sp³-hybridized carbons (Fsp3) is 0.574. The van der Waals surface area contributed by atoms with Gasteiger partial charge in [-0.3, -0.25) is 38.5 Å². The quantitative estimate of drug-likeness (QED) is 0.0416. The molecule has 0 saturated heterocycles. The van der Waals surface area contributed by atoms with Crippen LogP contribution < -0.4 is 52.0 Å². The minimum atomic E-state index is -1.20. The minimum Gasteiger partial charge on any atom is -0.481 e. The number of carboxylic acids is 1. The molecule has 0 bridgehead atoms. The van der Waals surface area contributed by atoms with Gasteiger partial charge in [0.1, 0.15) is 30.3 Å². The molecule has 3 unspecified atom stereocenters. The fourth-order valence-electron chi connectivity index (χ4n) is 8.47. The molecule has 5 rings (SSSR count). The highest BCUT2D eigenvalue weighted by molar-refractivity contribution is 6.05. The smallest absolute Gasteiger partial charge is 0.335 e. The van der Waals surface area contributed by atoms with Crippen molar-refractivity contribution in [2.75, 3.05) is 76.1 Å². The molecule has 24 nitrogen and oxygen atoms in total. The lowest BCUT2D eigenvalue weighted by atomic mass is 9.81. The molecule has 24 heteroatoms. The number of hydrazone groups is 1. The highest BCUT2D eigenvalue weighted by Crippen LogP contribution is 2.33. The molecule has 0 spiro atoms. The second kappa shape index (κ2) is 26.8. The summed E-state index contributed by atoms with van der Waals surface area (Å²) < 4.78 is 5.42. The van der Waals surface area contributed by atoms with Crippen molar-refractivity contribution in [2.45, 2.75) is 101 Å². The molecule has 0 radical (unpaired) electrons. The highest BCUT2D eigenvalue weighted by atomic mass is 16.6. The van der Waals surface area contributed by atoms with Crippen LogP contribution in [-0.2, 0) is 43.1 Å². The van der Waals surface area contributed by atoms with E-state index in [9.17, 15) is 43.2 Å². The number of aromatic nitrogens is 2. The number of Topliss-reactive ketones (excluding diaryl/α,β-unsaturated/α-hetero) is 1. The molecule has 71 heavy (non-hydrogen) atoms. The van der Waals surface area contributed by atoms with E-state index in [2.05, 4.69) is 52.4 Å². The number of fused-ring (bicyclic) bond motifs is 2. The zero-order valence-electron chi connectivity index (χ0n) is 41.7. The lowest BCUT2D eigenvalue weighted by molar-refractivity contribution is -0.155. The zero-order valence-corrected chi connectivity index (χ0v) is 41.7. The van der Waals surface area contributed by atoms with Gasteiger partial charge >= 0.3 is 18.0 Å². The van der Waals surface area contributed by atoms with Crippen molar-refractivity contribution in [1.29, 1.82) is 0 Å². The Morgan fingerprint density at radius 2 is 1.48 bits per heavy atom. The molecular weight excluding hydrogens is 923 g/mol. The summed E-state index contributed by atoms with van der Waals surface area (Å²) in [5.41, 5.74) is 2.75. The van der Waals surface area contributed by atoms with Crippen molar-refractivity contribution in [3.63, 3.8) is 0 Å². The summed E-state index contributed by atoms with van der Waals surface area (Å²) in [6.07, 6.45) is 7.12. The van der Waals surface area contributed by atoms with Crippen molar-refractivity contribution < 1.29 is 53.0 Å². The molecule has 3 aliphatic rings. The summed E-state index contributed by atoms with van der Waals surface area (Å²) in [6, 6.07) is 3.20. The molecule has 4 heterocycles. The van der Waals surface area contributed by atoms with Crippen LogP contribution in [0.25, 0.3) is 0 Å². The van der Waals surface area contributed by atoms with Crippen molar-refractivity contribution in [1.82, 2.24) is 47.3 Å². The Balaban J connectivity index is 0.000000356. The Morgan fingerprint density at radius 3 is 2.10 bits per heavy atom. The molecule has 5 atom stereocenters. The third kappa shape index (κ3) is 17.1. The maximum absolute atomic E-state index is 13.4. The molecule has 8 N–H and O–H groups in total. The van der Waals surface area contributed by atoms with E-state index in [0.717, 1.165) is 25.7 Å². The number of carbonyl (C=O) groups excluding carboxylic acids is 8. The number of ether oxygens (including phenoxy) is 1. The van der Waals surface area contributed by atoms with Crippen LogP contribution in [0.5, 0.6) is 0 Å². The highest BCUT2D eigenvalue weighted by Gasteiger charge is 2.37. The first-order valence-corrected chi connectivity index (χ1v) is 23.5. The number of esters is 1. The largest absolute Gasteiger partial charge is 0.481 e. The van der Waals surface area contributed by atoms with Gasteiger partial charge in [0.25, 0.3) is 0 Å². The van der Waals surface area contributed by atoms with E-state index in [0.29, 0.717) is 48.8 Å². The number of rotatable bonds is 18. The predicted molar refractivity (Wildman–Crippen MR) is 263 cm³/mol. The summed E-state index contributed by atoms with van der Waals surface area (Å²) >= 11 is 0. The summed E-state index contributed by atoms with van der Waals surface area (Å²) in [5.74, 6) is -2.58. The summed E-state index contributed by atoms with van der Waals surface area (Å²) in [4.78, 5) is 124. The van der Waals surface area contributed by atoms with E-state index in [4.69, 9.17) is 9.84 Å². The van der Waals surface area contributed by atoms with E-state index in [1.807, 2.05) is 23.9 Å². The third-order valence-corrected chi connectivity index (χ3v) is 12.0. The molecular formula is C47H69N13O11. The van der Waals surface area contributed by atoms with Gasteiger partial charge in [0, 0.05) is 77.3 Å². The Kier molecular flexibility index (Phi) is 21.3. The van der Waals surface area contributed by atoms with Crippen molar-refractivity contribution in [3.8, 4) is 0 Å². The number of hydrogen-bond acceptors (Lipinski definition) is 17. The van der Waals surface area contributed by atoms with Crippen LogP contribution in [0, 0.1) is 11.8 Å². The van der Waals surface area contributed by atoms with Crippen LogP contribution in [0.4, 0.5) is 22.1 Å². The molecule has 1 fully saturated rings. The van der Waals surface area contributed by atoms with Crippen LogP contribution in [0.3, 0.4) is 0 Å². The van der Waals surface area contributed by atoms with Gasteiger partial charge in [-0.1, -0.05) is 6.07 Å². The number of ketones is 1. The average molecular weight is 992 g/mol. The molecule has 0 aromatic carbocycles. The number of carbonyl (C=O) groups is 9. The number of urea groups is 1. The van der Waals surface area contributed by atoms with E-state index in [-0.39, 0.29) is 48.8 Å². The minimum absolute atomic E-state index is 0.0109. The Hall–Kier alpha value is -7.08. The van der Waals surface area contributed by atoms with Gasteiger partial charge in [0.15, 0.2) is 11.6 Å². The van der Waals surface area contributed by atoms with E-state index in [1.54, 1.807) is 78.6 Å². The lowest BCUT2D eigenvalue weighted by Crippen LogP contribution is -2.52. The second-order valence-electron chi connectivity index (χ2n) is 18.6. The summed E-state index contributed by atoms with van der Waals surface area (Å²) in [5, 5.41) is 29.2. The van der Waals surface area contributed by atoms with Gasteiger partial charge in [-0.2, -0.15) is 5.10 Å². The molecule has 1 saturated carbocycles. The lowest BCUT2D eigenvalue weighted by Gasteiger charge is -2.27. The van der Waals surface area contributed by atoms with E-state index >= 15 is 0 Å². The SMILES string of the molecule is CNC(=O)C1CCC(CNC(=O)N/N=C/[C@H](CC(=O)OC(C)(C)C)NC(=O)CN2C(=O)C(NC)CN(C)c3ncccc32)CC1.CNC1CN(C)c2ncccc2C(CC(=O)N[C@H](C=O)CC(=O)O)C1=O. The van der Waals surface area contributed by atoms with Gasteiger partial charge in [-0.25, -0.2) is 20.2 Å². The first-order chi connectivity index (χ1) is 33.7. The van der Waals surface area contributed by atoms with Gasteiger partial charge in [-0.15, -0.1) is 0 Å². The van der Waals surface area contributed by atoms with Crippen LogP contribution >= 0.6 is 0 Å². The number of pyridine rings is 2. The normalized spacial score (nSPS) is 20.8. The fourth-order valence-corrected chi connectivity index (χ4v) is 8.47. The first kappa shape index (κ1) is 56.5. The Bertz CT molecular complexity index is 2250. The maximum atomic E-state index is 13.4. The number of hydrogen-bond donors (Lipinski definition) is 8. The average Bonchev–Trinajstić information content (AvgIpc) is 3.49. The molecule has 2 aromatic heterocycles. The zero-order chi connectivity index (χ0) is 52.4. The monoisotopic (exact) mass is 992 g/mol. The number of carboxylic acid groups (broad SMARTS) is 1. The maximum Gasteiger partial charge on any atom is 0.335 e. The number of amides is 6. The topological polar surface area (TPSA) is 315 Å². The number of likely N-dealkylation sites (N-methyl/N-ethyl adjacent to an activating group) is 4. The Labute approximate surface area is 413 Å². The van der Waals surface area contributed by atoms with Crippen molar-refractivity contribution in [2.24, 2.45) is 16.9 Å². The first-order valence-electron chi connectivity index (χ1n) is 23.5. The van der Waals surface area contributed by atoms with Gasteiger partial charge < -0.3 is 56.3 Å². The van der Waals surface area contributed by atoms with Crippen LogP contribution in [-0.4, -0.2) is 166 Å². The van der Waals surface area contributed by atoms with Gasteiger partial charge in [0.05, 0.1) is 42.6 Å². The predicted octanol–water partition coefficient (Wildman–Crippen LogP) is -0.173.